The zero-order valence-electron chi connectivity index (χ0n) is 15.6. The molecule has 2 aliphatic rings. The van der Waals surface area contributed by atoms with Crippen molar-refractivity contribution in [1.82, 2.24) is 0 Å². The van der Waals surface area contributed by atoms with Crippen LogP contribution >= 0.6 is 0 Å². The van der Waals surface area contributed by atoms with Gasteiger partial charge in [-0.15, -0.1) is 6.58 Å². The van der Waals surface area contributed by atoms with E-state index in [4.69, 9.17) is 9.73 Å². The molecule has 1 unspecified atom stereocenters. The minimum atomic E-state index is -0.692. The molecule has 0 aliphatic carbocycles. The summed E-state index contributed by atoms with van der Waals surface area (Å²) in [7, 11) is 0. The molecular weight excluding hydrogens is 332 g/mol. The molecule has 0 fully saturated rings. The van der Waals surface area contributed by atoms with E-state index in [0.29, 0.717) is 6.54 Å². The summed E-state index contributed by atoms with van der Waals surface area (Å²) in [5, 5.41) is 2.25. The Balaban J connectivity index is 1.76. The van der Waals surface area contributed by atoms with E-state index in [1.54, 1.807) is 0 Å². The number of benzene rings is 3. The first kappa shape index (κ1) is 16.1. The van der Waals surface area contributed by atoms with Gasteiger partial charge in [-0.3, -0.25) is 4.99 Å². The zero-order valence-corrected chi connectivity index (χ0v) is 15.6. The van der Waals surface area contributed by atoms with Crippen molar-refractivity contribution in [2.75, 3.05) is 11.4 Å². The predicted octanol–water partition coefficient (Wildman–Crippen LogP) is 5.61. The van der Waals surface area contributed by atoms with Gasteiger partial charge in [0.2, 0.25) is 5.72 Å². The van der Waals surface area contributed by atoms with Gasteiger partial charge in [-0.2, -0.15) is 0 Å². The van der Waals surface area contributed by atoms with Gasteiger partial charge in [0.1, 0.15) is 5.69 Å². The van der Waals surface area contributed by atoms with Gasteiger partial charge in [0.05, 0.1) is 11.6 Å². The average Bonchev–Trinajstić information content (AvgIpc) is 2.87. The van der Waals surface area contributed by atoms with Crippen LogP contribution in [0.5, 0.6) is 5.75 Å². The molecule has 134 valence electrons. The average molecular weight is 354 g/mol. The molecule has 5 rings (SSSR count). The van der Waals surface area contributed by atoms with E-state index >= 15 is 0 Å². The van der Waals surface area contributed by atoms with Crippen molar-refractivity contribution < 1.29 is 4.74 Å². The normalized spacial score (nSPS) is 21.8. The van der Waals surface area contributed by atoms with Crippen molar-refractivity contribution in [1.29, 1.82) is 0 Å². The van der Waals surface area contributed by atoms with Crippen LogP contribution in [0.25, 0.3) is 10.8 Å². The van der Waals surface area contributed by atoms with Crippen molar-refractivity contribution in [2.45, 2.75) is 25.0 Å². The maximum Gasteiger partial charge on any atom is 0.229 e. The Kier molecular flexibility index (Phi) is 3.26. The van der Waals surface area contributed by atoms with Crippen LogP contribution in [0.4, 0.5) is 11.4 Å². The first-order valence-corrected chi connectivity index (χ1v) is 9.32. The monoisotopic (exact) mass is 354 g/mol. The van der Waals surface area contributed by atoms with Crippen molar-refractivity contribution in [3.63, 3.8) is 0 Å². The minimum Gasteiger partial charge on any atom is -0.459 e. The Morgan fingerprint density at radius 1 is 1.04 bits per heavy atom. The van der Waals surface area contributed by atoms with Gasteiger partial charge in [0.15, 0.2) is 5.75 Å². The van der Waals surface area contributed by atoms with Crippen LogP contribution in [0, 0.1) is 0 Å². The highest BCUT2D eigenvalue weighted by Gasteiger charge is 2.59. The lowest BCUT2D eigenvalue weighted by Gasteiger charge is -2.46. The van der Waals surface area contributed by atoms with Crippen molar-refractivity contribution in [3.8, 4) is 5.75 Å². The van der Waals surface area contributed by atoms with E-state index in [-0.39, 0.29) is 5.41 Å². The molecule has 3 heteroatoms. The van der Waals surface area contributed by atoms with E-state index in [0.717, 1.165) is 22.2 Å². The molecule has 0 bridgehead atoms. The molecule has 0 saturated heterocycles. The molecule has 0 radical (unpaired) electrons. The van der Waals surface area contributed by atoms with Crippen LogP contribution in [0.3, 0.4) is 0 Å². The molecule has 2 heterocycles. The third-order valence-corrected chi connectivity index (χ3v) is 5.97. The lowest BCUT2D eigenvalue weighted by atomic mass is 9.77. The molecule has 3 aromatic carbocycles. The number of ether oxygens (including phenoxy) is 1. The molecule has 0 amide bonds. The minimum absolute atomic E-state index is 0.273. The van der Waals surface area contributed by atoms with Crippen LogP contribution in [-0.4, -0.2) is 18.5 Å². The largest absolute Gasteiger partial charge is 0.459 e. The standard InChI is InChI=1S/C24H22N2O/c1-4-15-26-21-12-8-7-11-19(21)23(2,3)24(26)16-25-20-14-13-17-9-5-6-10-18(17)22(20)27-24/h4-14,16H,1,15H2,2-3H3. The lowest BCUT2D eigenvalue weighted by molar-refractivity contribution is 0.0815. The molecule has 1 spiro atoms. The van der Waals surface area contributed by atoms with E-state index in [1.165, 1.54) is 11.3 Å². The van der Waals surface area contributed by atoms with Crippen LogP contribution in [0.15, 0.2) is 78.3 Å². The first-order valence-electron chi connectivity index (χ1n) is 9.32. The van der Waals surface area contributed by atoms with Crippen LogP contribution in [-0.2, 0) is 5.41 Å². The molecule has 1 atom stereocenters. The van der Waals surface area contributed by atoms with Gasteiger partial charge in [0.25, 0.3) is 0 Å². The number of aliphatic imine (C=N–C) groups is 1. The van der Waals surface area contributed by atoms with Crippen LogP contribution in [0.2, 0.25) is 0 Å². The molecule has 0 N–H and O–H groups in total. The summed E-state index contributed by atoms with van der Waals surface area (Å²) in [4.78, 5) is 7.14. The second kappa shape index (κ2) is 5.46. The third kappa shape index (κ3) is 2.00. The van der Waals surface area contributed by atoms with Gasteiger partial charge in [-0.25, -0.2) is 0 Å². The Morgan fingerprint density at radius 2 is 1.81 bits per heavy atom. The zero-order chi connectivity index (χ0) is 18.6. The number of anilines is 1. The number of rotatable bonds is 2. The Labute approximate surface area is 159 Å². The molecule has 2 aliphatic heterocycles. The van der Waals surface area contributed by atoms with Crippen LogP contribution < -0.4 is 9.64 Å². The second-order valence-electron chi connectivity index (χ2n) is 7.73. The van der Waals surface area contributed by atoms with Gasteiger partial charge < -0.3 is 9.64 Å². The number of hydrogen-bond donors (Lipinski definition) is 0. The summed E-state index contributed by atoms with van der Waals surface area (Å²) in [5.74, 6) is 0.852. The van der Waals surface area contributed by atoms with Gasteiger partial charge in [-0.05, 0) is 36.9 Å². The maximum atomic E-state index is 6.89. The third-order valence-electron chi connectivity index (χ3n) is 5.97. The Bertz CT molecular complexity index is 1100. The highest BCUT2D eigenvalue weighted by atomic mass is 16.5. The van der Waals surface area contributed by atoms with E-state index in [2.05, 4.69) is 73.9 Å². The van der Waals surface area contributed by atoms with Crippen LogP contribution in [0.1, 0.15) is 19.4 Å². The van der Waals surface area contributed by atoms with Gasteiger partial charge in [-0.1, -0.05) is 54.6 Å². The summed E-state index contributed by atoms with van der Waals surface area (Å²) in [5.41, 5.74) is 2.36. The smallest absolute Gasteiger partial charge is 0.229 e. The summed E-state index contributed by atoms with van der Waals surface area (Å²) >= 11 is 0. The number of para-hydroxylation sites is 1. The topological polar surface area (TPSA) is 24.8 Å². The number of hydrogen-bond acceptors (Lipinski definition) is 3. The molecule has 3 nitrogen and oxygen atoms in total. The molecule has 3 aromatic rings. The van der Waals surface area contributed by atoms with Gasteiger partial charge >= 0.3 is 0 Å². The summed E-state index contributed by atoms with van der Waals surface area (Å²) in [6, 6.07) is 21.0. The lowest BCUT2D eigenvalue weighted by Crippen LogP contribution is -2.62. The molecular formula is C24H22N2O. The van der Waals surface area contributed by atoms with Crippen molar-refractivity contribution >= 4 is 28.4 Å². The second-order valence-corrected chi connectivity index (χ2v) is 7.73. The summed E-state index contributed by atoms with van der Waals surface area (Å²) in [6.07, 6.45) is 3.91. The van der Waals surface area contributed by atoms with Gasteiger partial charge in [0, 0.05) is 17.6 Å². The number of fused-ring (bicyclic) bond motifs is 4. The van der Waals surface area contributed by atoms with Crippen molar-refractivity contribution in [2.24, 2.45) is 4.99 Å². The first-order chi connectivity index (χ1) is 13.1. The molecule has 27 heavy (non-hydrogen) atoms. The fourth-order valence-electron chi connectivity index (χ4n) is 4.50. The Hall–Kier alpha value is -3.07. The summed E-state index contributed by atoms with van der Waals surface area (Å²) in [6.45, 7) is 9.13. The highest BCUT2D eigenvalue weighted by Crippen LogP contribution is 2.54. The highest BCUT2D eigenvalue weighted by molar-refractivity contribution is 5.97. The fourth-order valence-corrected chi connectivity index (χ4v) is 4.50. The predicted molar refractivity (Wildman–Crippen MR) is 112 cm³/mol. The quantitative estimate of drug-likeness (QED) is 0.558. The molecule has 0 saturated carbocycles. The van der Waals surface area contributed by atoms with E-state index in [1.807, 2.05) is 24.4 Å². The van der Waals surface area contributed by atoms with E-state index in [9.17, 15) is 0 Å². The van der Waals surface area contributed by atoms with Crippen molar-refractivity contribution in [3.05, 3.63) is 78.9 Å². The Morgan fingerprint density at radius 3 is 2.67 bits per heavy atom. The maximum absolute atomic E-state index is 6.89. The van der Waals surface area contributed by atoms with E-state index < -0.39 is 5.72 Å². The fraction of sp³-hybridized carbons (Fsp3) is 0.208. The molecule has 0 aromatic heterocycles. The number of nitrogens with zero attached hydrogens (tertiary/aromatic N) is 2. The SMILES string of the molecule is C=CCN1c2ccccc2C(C)(C)C12C=Nc1ccc3ccccc3c1O2. The summed E-state index contributed by atoms with van der Waals surface area (Å²) < 4.78 is 6.89.